The first-order valence-corrected chi connectivity index (χ1v) is 9.95. The second kappa shape index (κ2) is 8.62. The summed E-state index contributed by atoms with van der Waals surface area (Å²) in [7, 11) is 0. The molecule has 0 bridgehead atoms. The van der Waals surface area contributed by atoms with Gasteiger partial charge in [0.1, 0.15) is 0 Å². The number of hydrazone groups is 1. The van der Waals surface area contributed by atoms with E-state index in [1.807, 2.05) is 24.3 Å². The predicted molar refractivity (Wildman–Crippen MR) is 110 cm³/mol. The summed E-state index contributed by atoms with van der Waals surface area (Å²) in [5.74, 6) is 1.85. The Kier molecular flexibility index (Phi) is 5.78. The molecule has 1 aromatic heterocycles. The molecule has 0 saturated carbocycles. The lowest BCUT2D eigenvalue weighted by molar-refractivity contribution is 0.122. The molecule has 142 valence electrons. The van der Waals surface area contributed by atoms with E-state index in [-0.39, 0.29) is 0 Å². The Balaban J connectivity index is 1.55. The minimum atomic E-state index is 0.458. The van der Waals surface area contributed by atoms with Crippen LogP contribution in [0.2, 0.25) is 0 Å². The van der Waals surface area contributed by atoms with Crippen molar-refractivity contribution in [1.29, 1.82) is 0 Å². The van der Waals surface area contributed by atoms with Crippen LogP contribution in [-0.4, -0.2) is 60.6 Å². The number of nitrogens with zero attached hydrogens (tertiary/aromatic N) is 6. The maximum atomic E-state index is 5.44. The molecule has 0 unspecified atom stereocenters. The van der Waals surface area contributed by atoms with Crippen LogP contribution in [0.5, 0.6) is 0 Å². The van der Waals surface area contributed by atoms with Crippen molar-refractivity contribution in [3.8, 4) is 0 Å². The van der Waals surface area contributed by atoms with Gasteiger partial charge in [0, 0.05) is 30.7 Å². The first-order chi connectivity index (χ1) is 13.3. The summed E-state index contributed by atoms with van der Waals surface area (Å²) in [4.78, 5) is 18.2. The Morgan fingerprint density at radius 3 is 2.41 bits per heavy atom. The zero-order valence-corrected chi connectivity index (χ0v) is 16.6. The van der Waals surface area contributed by atoms with E-state index in [2.05, 4.69) is 46.2 Å². The van der Waals surface area contributed by atoms with Crippen molar-refractivity contribution < 1.29 is 4.74 Å². The molecule has 0 aliphatic carbocycles. The molecule has 2 aromatic rings. The molecule has 2 aliphatic rings. The van der Waals surface area contributed by atoms with Gasteiger partial charge in [-0.25, -0.2) is 5.43 Å². The highest BCUT2D eigenvalue weighted by molar-refractivity contribution is 9.10. The lowest BCUT2D eigenvalue weighted by Crippen LogP contribution is -2.38. The summed E-state index contributed by atoms with van der Waals surface area (Å²) in [6.07, 6.45) is 4.09. The van der Waals surface area contributed by atoms with Gasteiger partial charge in [0.15, 0.2) is 0 Å². The standard InChI is InChI=1S/C18H22BrN7O/c19-15-5-3-4-14(12-15)13-20-24-16-21-17(25-6-1-2-7-25)23-18(22-16)26-8-10-27-11-9-26/h3-5,12-13H,1-2,6-11H2,(H,21,22,23,24)/b20-13+. The molecule has 9 heteroatoms. The van der Waals surface area contributed by atoms with Gasteiger partial charge in [-0.2, -0.15) is 20.1 Å². The van der Waals surface area contributed by atoms with Crippen LogP contribution in [0.4, 0.5) is 17.8 Å². The first kappa shape index (κ1) is 18.1. The molecule has 3 heterocycles. The molecule has 2 aliphatic heterocycles. The number of hydrogen-bond donors (Lipinski definition) is 1. The van der Waals surface area contributed by atoms with Gasteiger partial charge < -0.3 is 14.5 Å². The van der Waals surface area contributed by atoms with E-state index in [1.54, 1.807) is 6.21 Å². The largest absolute Gasteiger partial charge is 0.378 e. The Bertz CT molecular complexity index is 804. The van der Waals surface area contributed by atoms with E-state index in [1.165, 1.54) is 12.8 Å². The van der Waals surface area contributed by atoms with Crippen molar-refractivity contribution in [1.82, 2.24) is 15.0 Å². The number of aromatic nitrogens is 3. The van der Waals surface area contributed by atoms with Crippen molar-refractivity contribution in [3.05, 3.63) is 34.3 Å². The summed E-state index contributed by atoms with van der Waals surface area (Å²) >= 11 is 3.46. The number of ether oxygens (including phenoxy) is 1. The lowest BCUT2D eigenvalue weighted by Gasteiger charge is -2.27. The Hall–Kier alpha value is -2.26. The molecule has 0 amide bonds. The zero-order chi connectivity index (χ0) is 18.5. The summed E-state index contributed by atoms with van der Waals surface area (Å²) < 4.78 is 6.45. The second-order valence-corrected chi connectivity index (χ2v) is 7.39. The maximum absolute atomic E-state index is 5.44. The molecular weight excluding hydrogens is 410 g/mol. The van der Waals surface area contributed by atoms with Crippen molar-refractivity contribution in [3.63, 3.8) is 0 Å². The number of nitrogens with one attached hydrogen (secondary N) is 1. The monoisotopic (exact) mass is 431 g/mol. The number of benzene rings is 1. The SMILES string of the molecule is Brc1cccc(/C=N/Nc2nc(N3CCCC3)nc(N3CCOCC3)n2)c1. The van der Waals surface area contributed by atoms with Crippen molar-refractivity contribution in [2.75, 3.05) is 54.6 Å². The fourth-order valence-corrected chi connectivity index (χ4v) is 3.54. The Labute approximate surface area is 166 Å². The number of anilines is 3. The maximum Gasteiger partial charge on any atom is 0.250 e. The van der Waals surface area contributed by atoms with E-state index in [0.29, 0.717) is 31.1 Å². The van der Waals surface area contributed by atoms with Gasteiger partial charge >= 0.3 is 0 Å². The number of rotatable bonds is 5. The van der Waals surface area contributed by atoms with Crippen LogP contribution in [-0.2, 0) is 4.74 Å². The predicted octanol–water partition coefficient (Wildman–Crippen LogP) is 2.52. The van der Waals surface area contributed by atoms with Crippen LogP contribution >= 0.6 is 15.9 Å². The van der Waals surface area contributed by atoms with Crippen molar-refractivity contribution in [2.45, 2.75) is 12.8 Å². The third-order valence-corrected chi connectivity index (χ3v) is 5.01. The molecule has 0 radical (unpaired) electrons. The molecule has 2 saturated heterocycles. The van der Waals surface area contributed by atoms with Crippen LogP contribution in [0, 0.1) is 0 Å². The highest BCUT2D eigenvalue weighted by Crippen LogP contribution is 2.21. The average Bonchev–Trinajstić information content (AvgIpc) is 3.24. The van der Waals surface area contributed by atoms with Crippen LogP contribution in [0.15, 0.2) is 33.8 Å². The number of hydrogen-bond acceptors (Lipinski definition) is 8. The van der Waals surface area contributed by atoms with Gasteiger partial charge in [0.25, 0.3) is 0 Å². The lowest BCUT2D eigenvalue weighted by atomic mass is 10.2. The first-order valence-electron chi connectivity index (χ1n) is 9.16. The highest BCUT2D eigenvalue weighted by Gasteiger charge is 2.21. The fourth-order valence-electron chi connectivity index (χ4n) is 3.12. The van der Waals surface area contributed by atoms with E-state index in [9.17, 15) is 0 Å². The van der Waals surface area contributed by atoms with E-state index in [4.69, 9.17) is 9.72 Å². The quantitative estimate of drug-likeness (QED) is 0.575. The average molecular weight is 432 g/mol. The van der Waals surface area contributed by atoms with Gasteiger partial charge in [0.05, 0.1) is 19.4 Å². The van der Waals surface area contributed by atoms with Crippen LogP contribution in [0.3, 0.4) is 0 Å². The van der Waals surface area contributed by atoms with Crippen LogP contribution < -0.4 is 15.2 Å². The topological polar surface area (TPSA) is 78.8 Å². The molecule has 8 nitrogen and oxygen atoms in total. The highest BCUT2D eigenvalue weighted by atomic mass is 79.9. The summed E-state index contributed by atoms with van der Waals surface area (Å²) in [5, 5.41) is 4.30. The Morgan fingerprint density at radius 2 is 1.70 bits per heavy atom. The third kappa shape index (κ3) is 4.72. The van der Waals surface area contributed by atoms with Gasteiger partial charge in [-0.05, 0) is 30.5 Å². The van der Waals surface area contributed by atoms with Gasteiger partial charge in [0.2, 0.25) is 17.8 Å². The molecular formula is C18H22BrN7O. The minimum Gasteiger partial charge on any atom is -0.378 e. The summed E-state index contributed by atoms with van der Waals surface area (Å²) in [5.41, 5.74) is 3.95. The summed E-state index contributed by atoms with van der Waals surface area (Å²) in [6.45, 7) is 4.90. The molecule has 1 aromatic carbocycles. The van der Waals surface area contributed by atoms with Gasteiger partial charge in [-0.15, -0.1) is 0 Å². The fraction of sp³-hybridized carbons (Fsp3) is 0.444. The van der Waals surface area contributed by atoms with E-state index in [0.717, 1.165) is 36.2 Å². The van der Waals surface area contributed by atoms with Crippen molar-refractivity contribution in [2.24, 2.45) is 5.10 Å². The molecule has 27 heavy (non-hydrogen) atoms. The number of morpholine rings is 1. The van der Waals surface area contributed by atoms with Gasteiger partial charge in [-0.3, -0.25) is 0 Å². The second-order valence-electron chi connectivity index (χ2n) is 6.48. The molecule has 0 atom stereocenters. The van der Waals surface area contributed by atoms with Crippen LogP contribution in [0.25, 0.3) is 0 Å². The molecule has 0 spiro atoms. The van der Waals surface area contributed by atoms with Gasteiger partial charge in [-0.1, -0.05) is 28.1 Å². The molecule has 4 rings (SSSR count). The zero-order valence-electron chi connectivity index (χ0n) is 15.0. The summed E-state index contributed by atoms with van der Waals surface area (Å²) in [6, 6.07) is 7.93. The molecule has 1 N–H and O–H groups in total. The van der Waals surface area contributed by atoms with Crippen molar-refractivity contribution >= 4 is 40.0 Å². The normalized spacial score (nSPS) is 17.7. The third-order valence-electron chi connectivity index (χ3n) is 4.52. The van der Waals surface area contributed by atoms with E-state index < -0.39 is 0 Å². The van der Waals surface area contributed by atoms with Crippen LogP contribution in [0.1, 0.15) is 18.4 Å². The molecule has 2 fully saturated rings. The number of halogens is 1. The minimum absolute atomic E-state index is 0.458. The smallest absolute Gasteiger partial charge is 0.250 e. The van der Waals surface area contributed by atoms with E-state index >= 15 is 0 Å². The Morgan fingerprint density at radius 1 is 1.00 bits per heavy atom.